The van der Waals surface area contributed by atoms with E-state index in [9.17, 15) is 0 Å². The smallest absolute Gasteiger partial charge is 0.0224 e. The van der Waals surface area contributed by atoms with Gasteiger partial charge in [0.05, 0.1) is 0 Å². The Labute approximate surface area is 85.9 Å². The van der Waals surface area contributed by atoms with Crippen molar-refractivity contribution in [3.05, 3.63) is 23.0 Å². The van der Waals surface area contributed by atoms with Crippen LogP contribution in [0.25, 0.3) is 0 Å². The van der Waals surface area contributed by atoms with Crippen molar-refractivity contribution in [1.82, 2.24) is 4.98 Å². The van der Waals surface area contributed by atoms with Crippen molar-refractivity contribution >= 4 is 0 Å². The third kappa shape index (κ3) is 0.667. The Morgan fingerprint density at radius 2 is 2.07 bits per heavy atom. The van der Waals surface area contributed by atoms with Crippen molar-refractivity contribution in [2.24, 2.45) is 5.41 Å². The summed E-state index contributed by atoms with van der Waals surface area (Å²) < 4.78 is 0. The molecule has 2 atom stereocenters. The zero-order valence-electron chi connectivity index (χ0n) is 9.57. The second kappa shape index (κ2) is 2.10. The molecule has 2 aliphatic carbocycles. The quantitative estimate of drug-likeness (QED) is 0.643. The van der Waals surface area contributed by atoms with E-state index in [4.69, 9.17) is 0 Å². The van der Waals surface area contributed by atoms with Crippen LogP contribution in [0.3, 0.4) is 0 Å². The fourth-order valence-electron chi connectivity index (χ4n) is 3.83. The monoisotopic (exact) mass is 189 g/mol. The Balaban J connectivity index is 2.28. The summed E-state index contributed by atoms with van der Waals surface area (Å²) in [5.74, 6) is 0.774. The minimum atomic E-state index is 0.428. The predicted octanol–water partition coefficient (Wildman–Crippen LogP) is 3.50. The second-order valence-electron chi connectivity index (χ2n) is 5.92. The number of hydrogen-bond acceptors (Lipinski definition) is 0. The zero-order valence-corrected chi connectivity index (χ0v) is 9.57. The molecule has 1 N–H and O–H groups in total. The number of H-pyrrole nitrogens is 1. The zero-order chi connectivity index (χ0) is 10.1. The molecule has 3 rings (SSSR count). The lowest BCUT2D eigenvalue weighted by Crippen LogP contribution is -2.31. The van der Waals surface area contributed by atoms with Gasteiger partial charge in [0.15, 0.2) is 0 Å². The second-order valence-corrected chi connectivity index (χ2v) is 5.92. The molecule has 1 aromatic rings. The van der Waals surface area contributed by atoms with Crippen molar-refractivity contribution in [2.45, 2.75) is 51.9 Å². The van der Waals surface area contributed by atoms with E-state index in [0.29, 0.717) is 10.8 Å². The van der Waals surface area contributed by atoms with Crippen LogP contribution in [-0.2, 0) is 5.41 Å². The van der Waals surface area contributed by atoms with Crippen molar-refractivity contribution in [3.8, 4) is 0 Å². The van der Waals surface area contributed by atoms with Gasteiger partial charge in [0.25, 0.3) is 0 Å². The first kappa shape index (κ1) is 8.58. The molecule has 0 saturated heterocycles. The van der Waals surface area contributed by atoms with Gasteiger partial charge in [-0.1, -0.05) is 20.8 Å². The average Bonchev–Trinajstić information content (AvgIpc) is 2.59. The maximum absolute atomic E-state index is 3.57. The van der Waals surface area contributed by atoms with Gasteiger partial charge in [0.1, 0.15) is 0 Å². The molecule has 1 heteroatoms. The van der Waals surface area contributed by atoms with Gasteiger partial charge in [-0.15, -0.1) is 0 Å². The standard InChI is InChI=1S/C13H19N/c1-8-7-10-11(14-8)9-5-6-13(10,4)12(9,2)3/h7,9,14H,5-6H2,1-4H3. The van der Waals surface area contributed by atoms with Gasteiger partial charge >= 0.3 is 0 Å². The topological polar surface area (TPSA) is 15.8 Å². The number of aryl methyl sites for hydroxylation is 1. The van der Waals surface area contributed by atoms with E-state index in [1.165, 1.54) is 18.5 Å². The van der Waals surface area contributed by atoms with Gasteiger partial charge in [-0.2, -0.15) is 0 Å². The van der Waals surface area contributed by atoms with Crippen LogP contribution in [-0.4, -0.2) is 4.98 Å². The highest BCUT2D eigenvalue weighted by Crippen LogP contribution is 2.67. The van der Waals surface area contributed by atoms with Crippen LogP contribution in [0.4, 0.5) is 0 Å². The Kier molecular flexibility index (Phi) is 1.29. The number of aromatic amines is 1. The van der Waals surface area contributed by atoms with Gasteiger partial charge in [-0.3, -0.25) is 0 Å². The van der Waals surface area contributed by atoms with Crippen LogP contribution in [0.15, 0.2) is 6.07 Å². The lowest BCUT2D eigenvalue weighted by molar-refractivity contribution is 0.229. The highest BCUT2D eigenvalue weighted by Gasteiger charge is 2.60. The first-order chi connectivity index (χ1) is 6.47. The molecule has 14 heavy (non-hydrogen) atoms. The van der Waals surface area contributed by atoms with E-state index in [0.717, 1.165) is 5.92 Å². The van der Waals surface area contributed by atoms with Crippen LogP contribution in [0.1, 0.15) is 56.5 Å². The molecule has 1 heterocycles. The van der Waals surface area contributed by atoms with E-state index in [1.54, 1.807) is 11.3 Å². The normalized spacial score (nSPS) is 37.6. The average molecular weight is 189 g/mol. The van der Waals surface area contributed by atoms with Crippen LogP contribution in [0.2, 0.25) is 0 Å². The third-order valence-corrected chi connectivity index (χ3v) is 5.15. The maximum atomic E-state index is 3.57. The van der Waals surface area contributed by atoms with Crippen molar-refractivity contribution in [3.63, 3.8) is 0 Å². The summed E-state index contributed by atoms with van der Waals surface area (Å²) in [6, 6.07) is 2.37. The van der Waals surface area contributed by atoms with Crippen LogP contribution >= 0.6 is 0 Å². The molecular formula is C13H19N. The van der Waals surface area contributed by atoms with Gasteiger partial charge in [0, 0.05) is 22.7 Å². The third-order valence-electron chi connectivity index (χ3n) is 5.15. The van der Waals surface area contributed by atoms with E-state index < -0.39 is 0 Å². The number of fused-ring (bicyclic) bond motifs is 5. The molecule has 0 radical (unpaired) electrons. The van der Waals surface area contributed by atoms with Gasteiger partial charge in [0.2, 0.25) is 0 Å². The van der Waals surface area contributed by atoms with Crippen LogP contribution in [0, 0.1) is 12.3 Å². The van der Waals surface area contributed by atoms with E-state index >= 15 is 0 Å². The van der Waals surface area contributed by atoms with E-state index in [2.05, 4.69) is 38.7 Å². The first-order valence-corrected chi connectivity index (χ1v) is 5.67. The van der Waals surface area contributed by atoms with Crippen molar-refractivity contribution < 1.29 is 0 Å². The van der Waals surface area contributed by atoms with Gasteiger partial charge < -0.3 is 4.98 Å². The number of rotatable bonds is 0. The highest BCUT2D eigenvalue weighted by atomic mass is 14.8. The lowest BCUT2D eigenvalue weighted by atomic mass is 9.69. The number of nitrogens with one attached hydrogen (secondary N) is 1. The SMILES string of the molecule is Cc1cc2c([nH]1)C1CCC2(C)C1(C)C. The Morgan fingerprint density at radius 1 is 1.36 bits per heavy atom. The summed E-state index contributed by atoms with van der Waals surface area (Å²) in [5.41, 5.74) is 5.38. The number of aromatic nitrogens is 1. The summed E-state index contributed by atoms with van der Waals surface area (Å²) in [4.78, 5) is 3.57. The van der Waals surface area contributed by atoms with Crippen molar-refractivity contribution in [1.29, 1.82) is 0 Å². The largest absolute Gasteiger partial charge is 0.362 e. The molecule has 1 fully saturated rings. The van der Waals surface area contributed by atoms with E-state index in [-0.39, 0.29) is 0 Å². The minimum absolute atomic E-state index is 0.428. The van der Waals surface area contributed by atoms with Crippen molar-refractivity contribution in [2.75, 3.05) is 0 Å². The summed E-state index contributed by atoms with van der Waals surface area (Å²) in [6.07, 6.45) is 2.74. The molecule has 76 valence electrons. The van der Waals surface area contributed by atoms with Gasteiger partial charge in [-0.25, -0.2) is 0 Å². The first-order valence-electron chi connectivity index (χ1n) is 5.67. The summed E-state index contributed by atoms with van der Waals surface area (Å²) in [5, 5.41) is 0. The molecule has 1 aromatic heterocycles. The molecular weight excluding hydrogens is 170 g/mol. The molecule has 0 aromatic carbocycles. The molecule has 2 bridgehead atoms. The molecule has 1 saturated carbocycles. The molecule has 0 spiro atoms. The lowest BCUT2D eigenvalue weighted by Gasteiger charge is -2.35. The minimum Gasteiger partial charge on any atom is -0.362 e. The summed E-state index contributed by atoms with van der Waals surface area (Å²) >= 11 is 0. The van der Waals surface area contributed by atoms with E-state index in [1.807, 2.05) is 0 Å². The Morgan fingerprint density at radius 3 is 2.71 bits per heavy atom. The maximum Gasteiger partial charge on any atom is 0.0224 e. The fourth-order valence-corrected chi connectivity index (χ4v) is 3.83. The molecule has 2 aliphatic rings. The Hall–Kier alpha value is -0.720. The van der Waals surface area contributed by atoms with Gasteiger partial charge in [-0.05, 0) is 36.8 Å². The summed E-state index contributed by atoms with van der Waals surface area (Å²) in [6.45, 7) is 9.50. The predicted molar refractivity (Wildman–Crippen MR) is 58.6 cm³/mol. The number of hydrogen-bond donors (Lipinski definition) is 1. The molecule has 0 amide bonds. The van der Waals surface area contributed by atoms with Crippen LogP contribution < -0.4 is 0 Å². The molecule has 0 aliphatic heterocycles. The molecule has 2 unspecified atom stereocenters. The Bertz CT molecular complexity index is 399. The highest BCUT2D eigenvalue weighted by molar-refractivity contribution is 5.47. The fraction of sp³-hybridized carbons (Fsp3) is 0.692. The van der Waals surface area contributed by atoms with Crippen LogP contribution in [0.5, 0.6) is 0 Å². The molecule has 1 nitrogen and oxygen atoms in total. The summed E-state index contributed by atoms with van der Waals surface area (Å²) in [7, 11) is 0.